The Hall–Kier alpha value is -1.53. The van der Waals surface area contributed by atoms with Gasteiger partial charge in [0.2, 0.25) is 0 Å². The van der Waals surface area contributed by atoms with E-state index in [1.807, 2.05) is 20.0 Å². The molecule has 1 unspecified atom stereocenters. The molecule has 0 bridgehead atoms. The summed E-state index contributed by atoms with van der Waals surface area (Å²) in [4.78, 5) is 5.54. The zero-order chi connectivity index (χ0) is 14.7. The van der Waals surface area contributed by atoms with Gasteiger partial charge < -0.3 is 10.5 Å². The Morgan fingerprint density at radius 1 is 1.35 bits per heavy atom. The van der Waals surface area contributed by atoms with E-state index in [1.54, 1.807) is 7.11 Å². The van der Waals surface area contributed by atoms with Gasteiger partial charge >= 0.3 is 0 Å². The average molecular weight is 292 g/mol. The first-order valence-electron chi connectivity index (χ1n) is 6.64. The number of pyridine rings is 1. The third kappa shape index (κ3) is 2.81. The number of aryl methyl sites for hydroxylation is 2. The molecule has 2 heterocycles. The van der Waals surface area contributed by atoms with Crippen molar-refractivity contribution >= 4 is 11.5 Å². The number of hydrogen-bond acceptors (Lipinski definition) is 6. The molecule has 0 radical (unpaired) electrons. The van der Waals surface area contributed by atoms with Crippen molar-refractivity contribution in [3.63, 3.8) is 0 Å². The SMILES string of the molecule is CCc1nnsc1C(N)Cc1ncc(C)c(OC)c1C. The Morgan fingerprint density at radius 2 is 2.10 bits per heavy atom. The van der Waals surface area contributed by atoms with E-state index in [4.69, 9.17) is 10.5 Å². The van der Waals surface area contributed by atoms with Crippen LogP contribution in [0, 0.1) is 13.8 Å². The van der Waals surface area contributed by atoms with E-state index in [1.165, 1.54) is 11.5 Å². The molecular formula is C14H20N4OS. The van der Waals surface area contributed by atoms with Crippen molar-refractivity contribution in [2.75, 3.05) is 7.11 Å². The monoisotopic (exact) mass is 292 g/mol. The summed E-state index contributed by atoms with van der Waals surface area (Å²) in [6, 6.07) is -0.122. The van der Waals surface area contributed by atoms with Crippen molar-refractivity contribution in [3.8, 4) is 5.75 Å². The molecular weight excluding hydrogens is 272 g/mol. The maximum absolute atomic E-state index is 6.30. The van der Waals surface area contributed by atoms with E-state index in [0.29, 0.717) is 6.42 Å². The first-order chi connectivity index (χ1) is 9.58. The van der Waals surface area contributed by atoms with Crippen LogP contribution in [-0.2, 0) is 12.8 Å². The molecule has 20 heavy (non-hydrogen) atoms. The normalized spacial score (nSPS) is 12.4. The van der Waals surface area contributed by atoms with Crippen molar-refractivity contribution in [1.29, 1.82) is 0 Å². The molecule has 5 nitrogen and oxygen atoms in total. The zero-order valence-electron chi connectivity index (χ0n) is 12.3. The van der Waals surface area contributed by atoms with Gasteiger partial charge in [0.25, 0.3) is 0 Å². The lowest BCUT2D eigenvalue weighted by Crippen LogP contribution is -2.15. The number of nitrogens with zero attached hydrogens (tertiary/aromatic N) is 3. The lowest BCUT2D eigenvalue weighted by molar-refractivity contribution is 0.406. The molecule has 0 aliphatic rings. The molecule has 108 valence electrons. The van der Waals surface area contributed by atoms with Gasteiger partial charge in [-0.2, -0.15) is 0 Å². The molecule has 0 aromatic carbocycles. The molecule has 0 aliphatic heterocycles. The minimum absolute atomic E-state index is 0.122. The predicted octanol–water partition coefficient (Wildman–Crippen LogP) is 2.36. The molecule has 0 spiro atoms. The first-order valence-corrected chi connectivity index (χ1v) is 7.41. The highest BCUT2D eigenvalue weighted by Gasteiger charge is 2.18. The number of aromatic nitrogens is 3. The molecule has 2 N–H and O–H groups in total. The second-order valence-corrected chi connectivity index (χ2v) is 5.58. The molecule has 0 fully saturated rings. The van der Waals surface area contributed by atoms with E-state index < -0.39 is 0 Å². The number of nitrogens with two attached hydrogens (primary N) is 1. The molecule has 0 saturated heterocycles. The van der Waals surface area contributed by atoms with Crippen molar-refractivity contribution < 1.29 is 4.74 Å². The molecule has 2 rings (SSSR count). The molecule has 0 aliphatic carbocycles. The van der Waals surface area contributed by atoms with Gasteiger partial charge in [-0.05, 0) is 31.8 Å². The zero-order valence-corrected chi connectivity index (χ0v) is 13.1. The van der Waals surface area contributed by atoms with E-state index in [2.05, 4.69) is 21.5 Å². The highest BCUT2D eigenvalue weighted by atomic mass is 32.1. The summed E-state index contributed by atoms with van der Waals surface area (Å²) >= 11 is 1.38. The Labute approximate surface area is 123 Å². The maximum atomic E-state index is 6.30. The minimum atomic E-state index is -0.122. The van der Waals surface area contributed by atoms with Gasteiger partial charge in [-0.3, -0.25) is 4.98 Å². The van der Waals surface area contributed by atoms with Crippen LogP contribution < -0.4 is 10.5 Å². The molecule has 0 amide bonds. The Bertz CT molecular complexity index is 597. The standard InChI is InChI=1S/C14H20N4OS/c1-5-11-14(20-18-17-11)10(15)6-12-9(3)13(19-4)8(2)7-16-12/h7,10H,5-6,15H2,1-4H3. The highest BCUT2D eigenvalue weighted by molar-refractivity contribution is 7.05. The second kappa shape index (κ2) is 6.28. The quantitative estimate of drug-likeness (QED) is 0.915. The summed E-state index contributed by atoms with van der Waals surface area (Å²) in [6.45, 7) is 6.07. The van der Waals surface area contributed by atoms with Crippen molar-refractivity contribution in [2.45, 2.75) is 39.7 Å². The van der Waals surface area contributed by atoms with Crippen LogP contribution in [0.25, 0.3) is 0 Å². The smallest absolute Gasteiger partial charge is 0.128 e. The van der Waals surface area contributed by atoms with Gasteiger partial charge in [-0.1, -0.05) is 11.4 Å². The lowest BCUT2D eigenvalue weighted by Gasteiger charge is -2.15. The molecule has 0 saturated carbocycles. The third-order valence-electron chi connectivity index (χ3n) is 3.42. The van der Waals surface area contributed by atoms with Gasteiger partial charge in [0.1, 0.15) is 5.75 Å². The van der Waals surface area contributed by atoms with Crippen LogP contribution in [0.15, 0.2) is 6.20 Å². The molecule has 2 aromatic heterocycles. The van der Waals surface area contributed by atoms with E-state index in [-0.39, 0.29) is 6.04 Å². The van der Waals surface area contributed by atoms with Crippen LogP contribution in [0.5, 0.6) is 5.75 Å². The van der Waals surface area contributed by atoms with Gasteiger partial charge in [0, 0.05) is 35.5 Å². The third-order valence-corrected chi connectivity index (χ3v) is 4.32. The van der Waals surface area contributed by atoms with Gasteiger partial charge in [0.05, 0.1) is 17.7 Å². The fraction of sp³-hybridized carbons (Fsp3) is 0.500. The van der Waals surface area contributed by atoms with Crippen molar-refractivity contribution in [1.82, 2.24) is 14.6 Å². The topological polar surface area (TPSA) is 73.9 Å². The predicted molar refractivity (Wildman–Crippen MR) is 80.2 cm³/mol. The van der Waals surface area contributed by atoms with Gasteiger partial charge in [0.15, 0.2) is 0 Å². The van der Waals surface area contributed by atoms with Crippen LogP contribution in [0.4, 0.5) is 0 Å². The summed E-state index contributed by atoms with van der Waals surface area (Å²) in [5.41, 5.74) is 10.3. The molecule has 1 atom stereocenters. The number of methoxy groups -OCH3 is 1. The van der Waals surface area contributed by atoms with Crippen LogP contribution in [0.1, 0.15) is 40.4 Å². The van der Waals surface area contributed by atoms with Gasteiger partial charge in [-0.15, -0.1) is 5.10 Å². The fourth-order valence-electron chi connectivity index (χ4n) is 2.32. The van der Waals surface area contributed by atoms with Crippen LogP contribution in [0.3, 0.4) is 0 Å². The molecule has 2 aromatic rings. The summed E-state index contributed by atoms with van der Waals surface area (Å²) in [5, 5.41) is 4.11. The number of ether oxygens (including phenoxy) is 1. The minimum Gasteiger partial charge on any atom is -0.496 e. The van der Waals surface area contributed by atoms with Crippen molar-refractivity contribution in [3.05, 3.63) is 33.6 Å². The summed E-state index contributed by atoms with van der Waals surface area (Å²) in [5.74, 6) is 0.889. The maximum Gasteiger partial charge on any atom is 0.128 e. The van der Waals surface area contributed by atoms with Crippen LogP contribution in [0.2, 0.25) is 0 Å². The molecule has 6 heteroatoms. The van der Waals surface area contributed by atoms with E-state index in [0.717, 1.165) is 39.6 Å². The van der Waals surface area contributed by atoms with Crippen LogP contribution in [-0.4, -0.2) is 21.7 Å². The fourth-order valence-corrected chi connectivity index (χ4v) is 3.06. The Kier molecular flexibility index (Phi) is 4.67. The average Bonchev–Trinajstić information content (AvgIpc) is 2.91. The van der Waals surface area contributed by atoms with Gasteiger partial charge in [-0.25, -0.2) is 0 Å². The summed E-state index contributed by atoms with van der Waals surface area (Å²) < 4.78 is 9.42. The Balaban J connectivity index is 2.26. The number of hydrogen-bond donors (Lipinski definition) is 1. The Morgan fingerprint density at radius 3 is 2.75 bits per heavy atom. The summed E-state index contributed by atoms with van der Waals surface area (Å²) in [7, 11) is 1.68. The second-order valence-electron chi connectivity index (χ2n) is 4.79. The highest BCUT2D eigenvalue weighted by Crippen LogP contribution is 2.28. The van der Waals surface area contributed by atoms with E-state index >= 15 is 0 Å². The number of rotatable bonds is 5. The lowest BCUT2D eigenvalue weighted by atomic mass is 10.0. The van der Waals surface area contributed by atoms with Crippen molar-refractivity contribution in [2.24, 2.45) is 5.73 Å². The van der Waals surface area contributed by atoms with E-state index in [9.17, 15) is 0 Å². The first kappa shape index (κ1) is 14.9. The summed E-state index contributed by atoms with van der Waals surface area (Å²) in [6.07, 6.45) is 3.35. The van der Waals surface area contributed by atoms with Crippen LogP contribution >= 0.6 is 11.5 Å². The largest absolute Gasteiger partial charge is 0.496 e.